The van der Waals surface area contributed by atoms with Crippen LogP contribution in [-0.4, -0.2) is 58.5 Å². The van der Waals surface area contributed by atoms with Gasteiger partial charge in [0.05, 0.1) is 24.8 Å². The Kier molecular flexibility index (Phi) is 11.5. The van der Waals surface area contributed by atoms with E-state index in [1.165, 1.54) is 37.3 Å². The van der Waals surface area contributed by atoms with Crippen LogP contribution in [0.5, 0.6) is 11.5 Å². The van der Waals surface area contributed by atoms with Gasteiger partial charge in [-0.15, -0.1) is 0 Å². The lowest BCUT2D eigenvalue weighted by atomic mass is 10.0. The van der Waals surface area contributed by atoms with Gasteiger partial charge in [0.2, 0.25) is 11.8 Å². The lowest BCUT2D eigenvalue weighted by Crippen LogP contribution is -2.53. The van der Waals surface area contributed by atoms with Crippen molar-refractivity contribution in [3.05, 3.63) is 119 Å². The van der Waals surface area contributed by atoms with E-state index in [0.717, 1.165) is 9.87 Å². The molecule has 11 heteroatoms. The maximum Gasteiger partial charge on any atom is 0.264 e. The van der Waals surface area contributed by atoms with E-state index < -0.39 is 28.5 Å². The number of carbonyl (C=O) groups excluding carboxylic acids is 2. The van der Waals surface area contributed by atoms with E-state index in [9.17, 15) is 18.0 Å². The third-order valence-corrected chi connectivity index (χ3v) is 9.15. The molecule has 0 unspecified atom stereocenters. The minimum absolute atomic E-state index is 0.00135. The highest BCUT2D eigenvalue weighted by Crippen LogP contribution is 2.34. The van der Waals surface area contributed by atoms with Crippen LogP contribution in [0, 0.1) is 0 Å². The van der Waals surface area contributed by atoms with Gasteiger partial charge in [0, 0.05) is 30.6 Å². The van der Waals surface area contributed by atoms with Crippen LogP contribution in [0.15, 0.2) is 108 Å². The molecule has 0 radical (unpaired) electrons. The van der Waals surface area contributed by atoms with E-state index in [1.807, 2.05) is 30.3 Å². The summed E-state index contributed by atoms with van der Waals surface area (Å²) in [6.07, 6.45) is 0.209. The summed E-state index contributed by atoms with van der Waals surface area (Å²) in [6.45, 7) is 1.56. The summed E-state index contributed by atoms with van der Waals surface area (Å²) >= 11 is 6.28. The smallest absolute Gasteiger partial charge is 0.264 e. The molecular formula is C34H36ClN3O6S. The molecule has 9 nitrogen and oxygen atoms in total. The van der Waals surface area contributed by atoms with Gasteiger partial charge in [0.1, 0.15) is 12.6 Å². The number of halogens is 1. The molecule has 2 amide bonds. The number of hydrogen-bond acceptors (Lipinski definition) is 6. The van der Waals surface area contributed by atoms with Crippen LogP contribution in [0.2, 0.25) is 5.02 Å². The Hall–Kier alpha value is -4.54. The SMILES string of the molecule is CCNC(=O)[C@@H](Cc1ccccc1)N(Cc1cccc(Cl)c1)C(=O)CN(c1ccc(OC)c(OC)c1)S(=O)(=O)c1ccccc1. The van der Waals surface area contributed by atoms with Crippen molar-refractivity contribution in [3.63, 3.8) is 0 Å². The van der Waals surface area contributed by atoms with E-state index in [4.69, 9.17) is 21.1 Å². The number of carbonyl (C=O) groups is 2. The molecule has 0 saturated carbocycles. The van der Waals surface area contributed by atoms with Gasteiger partial charge in [-0.25, -0.2) is 8.42 Å². The van der Waals surface area contributed by atoms with Crippen LogP contribution in [0.1, 0.15) is 18.1 Å². The topological polar surface area (TPSA) is 105 Å². The van der Waals surface area contributed by atoms with Crippen molar-refractivity contribution >= 4 is 39.1 Å². The third kappa shape index (κ3) is 8.34. The average molecular weight is 650 g/mol. The predicted octanol–water partition coefficient (Wildman–Crippen LogP) is 5.33. The fourth-order valence-electron chi connectivity index (χ4n) is 4.91. The fraction of sp³-hybridized carbons (Fsp3) is 0.235. The highest BCUT2D eigenvalue weighted by Gasteiger charge is 2.34. The zero-order valence-corrected chi connectivity index (χ0v) is 26.9. The van der Waals surface area contributed by atoms with E-state index >= 15 is 0 Å². The van der Waals surface area contributed by atoms with Crippen molar-refractivity contribution in [2.45, 2.75) is 30.8 Å². The molecule has 1 atom stereocenters. The molecule has 0 aliphatic carbocycles. The molecule has 0 heterocycles. The summed E-state index contributed by atoms with van der Waals surface area (Å²) in [4.78, 5) is 29.5. The molecule has 4 rings (SSSR count). The second-order valence-electron chi connectivity index (χ2n) is 10.1. The number of methoxy groups -OCH3 is 2. The quantitative estimate of drug-likeness (QED) is 0.198. The zero-order chi connectivity index (χ0) is 32.4. The van der Waals surface area contributed by atoms with Gasteiger partial charge in [0.25, 0.3) is 10.0 Å². The first-order chi connectivity index (χ1) is 21.7. The largest absolute Gasteiger partial charge is 0.493 e. The predicted molar refractivity (Wildman–Crippen MR) is 175 cm³/mol. The van der Waals surface area contributed by atoms with Crippen LogP contribution in [-0.2, 0) is 32.6 Å². The number of sulfonamides is 1. The monoisotopic (exact) mass is 649 g/mol. The molecule has 0 aromatic heterocycles. The Morgan fingerprint density at radius 2 is 1.47 bits per heavy atom. The van der Waals surface area contributed by atoms with Crippen molar-refractivity contribution in [3.8, 4) is 11.5 Å². The second kappa shape index (κ2) is 15.5. The summed E-state index contributed by atoms with van der Waals surface area (Å²) in [5, 5.41) is 3.31. The lowest BCUT2D eigenvalue weighted by Gasteiger charge is -2.34. The van der Waals surface area contributed by atoms with Gasteiger partial charge < -0.3 is 19.7 Å². The molecule has 0 aliphatic heterocycles. The first-order valence-electron chi connectivity index (χ1n) is 14.3. The summed E-state index contributed by atoms with van der Waals surface area (Å²) < 4.78 is 40.1. The molecule has 1 N–H and O–H groups in total. The molecule has 0 fully saturated rings. The summed E-state index contributed by atoms with van der Waals surface area (Å²) in [5.74, 6) is -0.265. The Morgan fingerprint density at radius 3 is 2.09 bits per heavy atom. The van der Waals surface area contributed by atoms with Crippen LogP contribution >= 0.6 is 11.6 Å². The maximum absolute atomic E-state index is 14.5. The average Bonchev–Trinajstić information content (AvgIpc) is 3.05. The first-order valence-corrected chi connectivity index (χ1v) is 16.1. The highest BCUT2D eigenvalue weighted by molar-refractivity contribution is 7.92. The van der Waals surface area contributed by atoms with Crippen molar-refractivity contribution in [2.75, 3.05) is 31.6 Å². The van der Waals surface area contributed by atoms with Crippen LogP contribution < -0.4 is 19.1 Å². The molecule has 0 spiro atoms. The second-order valence-corrected chi connectivity index (χ2v) is 12.4. The van der Waals surface area contributed by atoms with Crippen molar-refractivity contribution in [1.82, 2.24) is 10.2 Å². The maximum atomic E-state index is 14.5. The Bertz CT molecular complexity index is 1700. The standard InChI is InChI=1S/C34H36ClN3O6S/c1-4-36-34(40)30(21-25-12-7-5-8-13-25)37(23-26-14-11-15-27(35)20-26)33(39)24-38(45(41,42)29-16-9-6-10-17-29)28-18-19-31(43-2)32(22-28)44-3/h5-20,22,30H,4,21,23-24H2,1-3H3,(H,36,40)/t30-/m1/s1. The van der Waals surface area contributed by atoms with Crippen LogP contribution in [0.3, 0.4) is 0 Å². The molecule has 4 aromatic rings. The van der Waals surface area contributed by atoms with Crippen molar-refractivity contribution in [2.24, 2.45) is 0 Å². The molecule has 45 heavy (non-hydrogen) atoms. The molecule has 0 saturated heterocycles. The number of hydrogen-bond donors (Lipinski definition) is 1. The minimum atomic E-state index is -4.25. The van der Waals surface area contributed by atoms with E-state index in [2.05, 4.69) is 5.32 Å². The fourth-order valence-corrected chi connectivity index (χ4v) is 6.55. The summed E-state index contributed by atoms with van der Waals surface area (Å²) in [6, 6.07) is 27.8. The number of nitrogens with zero attached hydrogens (tertiary/aromatic N) is 2. The lowest BCUT2D eigenvalue weighted by molar-refractivity contribution is -0.140. The van der Waals surface area contributed by atoms with E-state index in [-0.39, 0.29) is 35.2 Å². The molecular weight excluding hydrogens is 614 g/mol. The molecule has 0 bridgehead atoms. The normalized spacial score (nSPS) is 11.7. The molecule has 4 aromatic carbocycles. The highest BCUT2D eigenvalue weighted by atomic mass is 35.5. The number of nitrogens with one attached hydrogen (secondary N) is 1. The van der Waals surface area contributed by atoms with E-state index in [1.54, 1.807) is 61.5 Å². The summed E-state index contributed by atoms with van der Waals surface area (Å²) in [5.41, 5.74) is 1.71. The van der Waals surface area contributed by atoms with Gasteiger partial charge in [-0.05, 0) is 54.4 Å². The number of likely N-dealkylation sites (N-methyl/N-ethyl adjacent to an activating group) is 1. The van der Waals surface area contributed by atoms with Crippen molar-refractivity contribution < 1.29 is 27.5 Å². The number of rotatable bonds is 14. The zero-order valence-electron chi connectivity index (χ0n) is 25.4. The van der Waals surface area contributed by atoms with Gasteiger partial charge in [-0.3, -0.25) is 13.9 Å². The molecule has 0 aliphatic rings. The Morgan fingerprint density at radius 1 is 0.822 bits per heavy atom. The van der Waals surface area contributed by atoms with Gasteiger partial charge in [-0.2, -0.15) is 0 Å². The Balaban J connectivity index is 1.83. The van der Waals surface area contributed by atoms with Gasteiger partial charge in [-0.1, -0.05) is 72.3 Å². The van der Waals surface area contributed by atoms with E-state index in [0.29, 0.717) is 22.9 Å². The third-order valence-electron chi connectivity index (χ3n) is 7.13. The van der Waals surface area contributed by atoms with Crippen molar-refractivity contribution in [1.29, 1.82) is 0 Å². The van der Waals surface area contributed by atoms with Gasteiger partial charge in [0.15, 0.2) is 11.5 Å². The van der Waals surface area contributed by atoms with Crippen LogP contribution in [0.4, 0.5) is 5.69 Å². The summed E-state index contributed by atoms with van der Waals surface area (Å²) in [7, 11) is -1.34. The number of amides is 2. The first kappa shape index (κ1) is 33.4. The number of ether oxygens (including phenoxy) is 2. The minimum Gasteiger partial charge on any atom is -0.493 e. The van der Waals surface area contributed by atoms with Crippen LogP contribution in [0.25, 0.3) is 0 Å². The molecule has 236 valence electrons. The number of anilines is 1. The Labute approximate surface area is 269 Å². The van der Waals surface area contributed by atoms with Gasteiger partial charge >= 0.3 is 0 Å². The number of benzene rings is 4.